The molecule has 20 heavy (non-hydrogen) atoms. The number of nitrogens with one attached hydrogen (secondary N) is 1. The van der Waals surface area contributed by atoms with Gasteiger partial charge in [0.15, 0.2) is 0 Å². The lowest BCUT2D eigenvalue weighted by Gasteiger charge is -2.21. The van der Waals surface area contributed by atoms with E-state index in [4.69, 9.17) is 5.11 Å². The average Bonchev–Trinajstić information content (AvgIpc) is 3.16. The zero-order valence-electron chi connectivity index (χ0n) is 11.2. The number of amides is 2. The van der Waals surface area contributed by atoms with E-state index >= 15 is 0 Å². The van der Waals surface area contributed by atoms with Crippen molar-refractivity contribution in [1.29, 1.82) is 0 Å². The number of benzene rings is 1. The normalized spacial score (nSPS) is 13.9. The summed E-state index contributed by atoms with van der Waals surface area (Å²) in [6.45, 7) is 2.19. The van der Waals surface area contributed by atoms with Crippen molar-refractivity contribution in [3.05, 3.63) is 28.2 Å². The van der Waals surface area contributed by atoms with Gasteiger partial charge in [-0.2, -0.15) is 0 Å². The summed E-state index contributed by atoms with van der Waals surface area (Å²) < 4.78 is 0.905. The van der Waals surface area contributed by atoms with Gasteiger partial charge in [0.1, 0.15) is 6.54 Å². The molecule has 0 spiro atoms. The van der Waals surface area contributed by atoms with Crippen LogP contribution in [0.1, 0.15) is 18.4 Å². The molecule has 1 fully saturated rings. The molecule has 0 saturated heterocycles. The molecule has 108 valence electrons. The van der Waals surface area contributed by atoms with E-state index in [0.717, 1.165) is 22.9 Å². The largest absolute Gasteiger partial charge is 0.480 e. The number of nitrogens with zero attached hydrogens (tertiary/aromatic N) is 1. The number of carboxylic acid groups (broad SMARTS) is 1. The zero-order chi connectivity index (χ0) is 14.7. The van der Waals surface area contributed by atoms with Gasteiger partial charge in [0.05, 0.1) is 0 Å². The third kappa shape index (κ3) is 4.23. The van der Waals surface area contributed by atoms with Crippen molar-refractivity contribution in [3.63, 3.8) is 0 Å². The number of aliphatic carboxylic acids is 1. The molecule has 1 aliphatic carbocycles. The summed E-state index contributed by atoms with van der Waals surface area (Å²) in [6, 6.07) is 5.13. The summed E-state index contributed by atoms with van der Waals surface area (Å²) in [5, 5.41) is 11.6. The minimum Gasteiger partial charge on any atom is -0.480 e. The average molecular weight is 341 g/mol. The van der Waals surface area contributed by atoms with E-state index in [0.29, 0.717) is 18.2 Å². The highest BCUT2D eigenvalue weighted by Crippen LogP contribution is 2.30. The van der Waals surface area contributed by atoms with E-state index in [-0.39, 0.29) is 12.6 Å². The first-order valence-corrected chi connectivity index (χ1v) is 7.29. The lowest BCUT2D eigenvalue weighted by molar-refractivity contribution is -0.137. The maximum absolute atomic E-state index is 12.1. The predicted molar refractivity (Wildman–Crippen MR) is 79.8 cm³/mol. The number of carboxylic acids is 1. The predicted octanol–water partition coefficient (Wildman–Crippen LogP) is 3.09. The highest BCUT2D eigenvalue weighted by molar-refractivity contribution is 9.10. The molecule has 0 atom stereocenters. The van der Waals surface area contributed by atoms with Crippen molar-refractivity contribution in [2.75, 3.05) is 18.4 Å². The SMILES string of the molecule is Cc1ccc(NC(=O)N(CC(=O)O)CC2CC2)cc1Br. The molecule has 0 unspecified atom stereocenters. The lowest BCUT2D eigenvalue weighted by Crippen LogP contribution is -2.40. The first kappa shape index (κ1) is 14.8. The fourth-order valence-corrected chi connectivity index (χ4v) is 2.25. The molecule has 1 saturated carbocycles. The third-order valence-electron chi connectivity index (χ3n) is 3.21. The topological polar surface area (TPSA) is 69.6 Å². The molecule has 1 aliphatic rings. The van der Waals surface area contributed by atoms with Gasteiger partial charge >= 0.3 is 12.0 Å². The van der Waals surface area contributed by atoms with Crippen LogP contribution in [0, 0.1) is 12.8 Å². The van der Waals surface area contributed by atoms with Crippen LogP contribution in [-0.2, 0) is 4.79 Å². The summed E-state index contributed by atoms with van der Waals surface area (Å²) in [4.78, 5) is 24.3. The molecule has 0 radical (unpaired) electrons. The van der Waals surface area contributed by atoms with E-state index < -0.39 is 5.97 Å². The van der Waals surface area contributed by atoms with Crippen molar-refractivity contribution in [3.8, 4) is 0 Å². The Hall–Kier alpha value is -1.56. The van der Waals surface area contributed by atoms with E-state index in [1.807, 2.05) is 19.1 Å². The molecule has 0 aromatic heterocycles. The number of aryl methyl sites for hydroxylation is 1. The van der Waals surface area contributed by atoms with E-state index in [1.54, 1.807) is 6.07 Å². The smallest absolute Gasteiger partial charge is 0.323 e. The van der Waals surface area contributed by atoms with Gasteiger partial charge in [-0.15, -0.1) is 0 Å². The van der Waals surface area contributed by atoms with Gasteiger partial charge in [0, 0.05) is 16.7 Å². The van der Waals surface area contributed by atoms with Gasteiger partial charge in [-0.1, -0.05) is 22.0 Å². The van der Waals surface area contributed by atoms with Crippen LogP contribution in [0.3, 0.4) is 0 Å². The maximum Gasteiger partial charge on any atom is 0.323 e. The molecule has 1 aromatic carbocycles. The molecule has 0 heterocycles. The summed E-state index contributed by atoms with van der Waals surface area (Å²) in [5.41, 5.74) is 1.72. The monoisotopic (exact) mass is 340 g/mol. The molecule has 2 amide bonds. The van der Waals surface area contributed by atoms with Crippen LogP contribution in [0.5, 0.6) is 0 Å². The molecular formula is C14H17BrN2O3. The van der Waals surface area contributed by atoms with Gasteiger partial charge in [-0.3, -0.25) is 4.79 Å². The molecule has 6 heteroatoms. The maximum atomic E-state index is 12.1. The Morgan fingerprint density at radius 1 is 1.45 bits per heavy atom. The Bertz CT molecular complexity index is 529. The molecule has 0 bridgehead atoms. The Kier molecular flexibility index (Phi) is 4.65. The zero-order valence-corrected chi connectivity index (χ0v) is 12.8. The number of hydrogen-bond donors (Lipinski definition) is 2. The molecular weight excluding hydrogens is 324 g/mol. The summed E-state index contributed by atoms with van der Waals surface area (Å²) >= 11 is 3.40. The highest BCUT2D eigenvalue weighted by Gasteiger charge is 2.28. The van der Waals surface area contributed by atoms with Crippen LogP contribution in [-0.4, -0.2) is 35.1 Å². The van der Waals surface area contributed by atoms with Crippen LogP contribution in [0.15, 0.2) is 22.7 Å². The third-order valence-corrected chi connectivity index (χ3v) is 4.07. The fraction of sp³-hybridized carbons (Fsp3) is 0.429. The van der Waals surface area contributed by atoms with E-state index in [9.17, 15) is 9.59 Å². The summed E-state index contributed by atoms with van der Waals surface area (Å²) in [6.07, 6.45) is 2.14. The van der Waals surface area contributed by atoms with Crippen molar-refractivity contribution < 1.29 is 14.7 Å². The van der Waals surface area contributed by atoms with Crippen LogP contribution >= 0.6 is 15.9 Å². The number of halogens is 1. The second-order valence-electron chi connectivity index (χ2n) is 5.11. The molecule has 0 aliphatic heterocycles. The minimum atomic E-state index is -0.995. The highest BCUT2D eigenvalue weighted by atomic mass is 79.9. The van der Waals surface area contributed by atoms with E-state index in [1.165, 1.54) is 4.90 Å². The van der Waals surface area contributed by atoms with Crippen LogP contribution in [0.25, 0.3) is 0 Å². The van der Waals surface area contributed by atoms with Crippen LogP contribution in [0.4, 0.5) is 10.5 Å². The Labute approximate surface area is 126 Å². The first-order chi connectivity index (χ1) is 9.45. The van der Waals surface area contributed by atoms with E-state index in [2.05, 4.69) is 21.2 Å². The van der Waals surface area contributed by atoms with Crippen molar-refractivity contribution >= 4 is 33.6 Å². The molecule has 2 N–H and O–H groups in total. The van der Waals surface area contributed by atoms with Crippen LogP contribution < -0.4 is 5.32 Å². The Morgan fingerprint density at radius 2 is 2.15 bits per heavy atom. The second kappa shape index (κ2) is 6.26. The van der Waals surface area contributed by atoms with Gasteiger partial charge in [0.25, 0.3) is 0 Å². The van der Waals surface area contributed by atoms with Gasteiger partial charge in [-0.25, -0.2) is 4.79 Å². The fourth-order valence-electron chi connectivity index (χ4n) is 1.87. The number of hydrogen-bond acceptors (Lipinski definition) is 2. The summed E-state index contributed by atoms with van der Waals surface area (Å²) in [5.74, 6) is -0.546. The van der Waals surface area contributed by atoms with Crippen molar-refractivity contribution in [2.45, 2.75) is 19.8 Å². The molecule has 2 rings (SSSR count). The van der Waals surface area contributed by atoms with Crippen LogP contribution in [0.2, 0.25) is 0 Å². The Morgan fingerprint density at radius 3 is 2.70 bits per heavy atom. The first-order valence-electron chi connectivity index (χ1n) is 6.49. The molecule has 5 nitrogen and oxygen atoms in total. The standard InChI is InChI=1S/C14H17BrN2O3/c1-9-2-5-11(6-12(9)15)16-14(20)17(8-13(18)19)7-10-3-4-10/h2,5-6,10H,3-4,7-8H2,1H3,(H,16,20)(H,18,19). The minimum absolute atomic E-state index is 0.268. The number of anilines is 1. The van der Waals surface area contributed by atoms with Gasteiger partial charge in [-0.05, 0) is 43.4 Å². The van der Waals surface area contributed by atoms with Gasteiger partial charge < -0.3 is 15.3 Å². The Balaban J connectivity index is 2.02. The molecule has 1 aromatic rings. The van der Waals surface area contributed by atoms with Gasteiger partial charge in [0.2, 0.25) is 0 Å². The number of urea groups is 1. The quantitative estimate of drug-likeness (QED) is 0.865. The second-order valence-corrected chi connectivity index (χ2v) is 5.97. The summed E-state index contributed by atoms with van der Waals surface area (Å²) in [7, 11) is 0. The number of carbonyl (C=O) groups is 2. The number of carbonyl (C=O) groups excluding carboxylic acids is 1. The van der Waals surface area contributed by atoms with Crippen molar-refractivity contribution in [1.82, 2.24) is 4.90 Å². The van der Waals surface area contributed by atoms with Crippen molar-refractivity contribution in [2.24, 2.45) is 5.92 Å². The number of rotatable bonds is 5. The lowest BCUT2D eigenvalue weighted by atomic mass is 10.2.